The van der Waals surface area contributed by atoms with Gasteiger partial charge in [0.2, 0.25) is 0 Å². The number of rotatable bonds is 9. The SMILES string of the molecule is CCc1c(C)nc(SCC(=O)N2N=C(c3ccc(OC)cc3)CC2c2ccc(OC)c(OC)c2)[nH]c1=O. The summed E-state index contributed by atoms with van der Waals surface area (Å²) in [5, 5.41) is 6.65. The summed E-state index contributed by atoms with van der Waals surface area (Å²) in [6.07, 6.45) is 1.12. The van der Waals surface area contributed by atoms with Crippen molar-refractivity contribution < 1.29 is 19.0 Å². The van der Waals surface area contributed by atoms with E-state index in [9.17, 15) is 9.59 Å². The van der Waals surface area contributed by atoms with E-state index >= 15 is 0 Å². The third-order valence-electron chi connectivity index (χ3n) is 6.27. The summed E-state index contributed by atoms with van der Waals surface area (Å²) in [4.78, 5) is 33.0. The molecular weight excluding hydrogens is 492 g/mol. The molecule has 0 radical (unpaired) electrons. The largest absolute Gasteiger partial charge is 0.497 e. The number of methoxy groups -OCH3 is 3. The van der Waals surface area contributed by atoms with Gasteiger partial charge < -0.3 is 19.2 Å². The van der Waals surface area contributed by atoms with E-state index in [2.05, 4.69) is 9.97 Å². The number of aryl methyl sites for hydroxylation is 1. The number of aromatic nitrogens is 2. The number of carbonyl (C=O) groups excluding carboxylic acids is 1. The molecule has 0 fully saturated rings. The third-order valence-corrected chi connectivity index (χ3v) is 7.13. The first-order chi connectivity index (χ1) is 17.9. The normalized spacial score (nSPS) is 14.9. The van der Waals surface area contributed by atoms with Crippen LogP contribution in [0.3, 0.4) is 0 Å². The van der Waals surface area contributed by atoms with Crippen LogP contribution in [0.25, 0.3) is 0 Å². The molecule has 4 rings (SSSR count). The van der Waals surface area contributed by atoms with Gasteiger partial charge in [0.05, 0.1) is 38.8 Å². The fourth-order valence-electron chi connectivity index (χ4n) is 4.28. The minimum atomic E-state index is -0.332. The van der Waals surface area contributed by atoms with Crippen molar-refractivity contribution in [3.63, 3.8) is 0 Å². The Morgan fingerprint density at radius 2 is 1.81 bits per heavy atom. The molecule has 0 spiro atoms. The predicted molar refractivity (Wildman–Crippen MR) is 143 cm³/mol. The summed E-state index contributed by atoms with van der Waals surface area (Å²) in [6, 6.07) is 12.9. The number of hydrazone groups is 1. The lowest BCUT2D eigenvalue weighted by atomic mass is 9.98. The van der Waals surface area contributed by atoms with Crippen LogP contribution >= 0.6 is 11.8 Å². The zero-order chi connectivity index (χ0) is 26.5. The molecule has 0 bridgehead atoms. The second kappa shape index (κ2) is 11.5. The number of nitrogens with one attached hydrogen (secondary N) is 1. The summed E-state index contributed by atoms with van der Waals surface area (Å²) in [5.74, 6) is 1.79. The van der Waals surface area contributed by atoms with E-state index in [1.54, 1.807) is 28.3 Å². The third kappa shape index (κ3) is 5.64. The van der Waals surface area contributed by atoms with Crippen LogP contribution in [0.2, 0.25) is 0 Å². The van der Waals surface area contributed by atoms with Crippen LogP contribution in [0.4, 0.5) is 0 Å². The van der Waals surface area contributed by atoms with Crippen molar-refractivity contribution in [3.8, 4) is 17.2 Å². The molecule has 3 aromatic rings. The van der Waals surface area contributed by atoms with Crippen LogP contribution in [0.5, 0.6) is 17.2 Å². The number of ether oxygens (including phenoxy) is 3. The molecule has 1 aliphatic rings. The number of thioether (sulfide) groups is 1. The van der Waals surface area contributed by atoms with Crippen molar-refractivity contribution in [2.45, 2.75) is 37.9 Å². The van der Waals surface area contributed by atoms with Gasteiger partial charge in [0.1, 0.15) is 5.75 Å². The first kappa shape index (κ1) is 26.3. The number of hydrogen-bond acceptors (Lipinski definition) is 8. The molecule has 10 heteroatoms. The lowest BCUT2D eigenvalue weighted by molar-refractivity contribution is -0.130. The standard InChI is InChI=1S/C27H30N4O5S/c1-6-20-16(2)28-27(29-26(20)33)37-15-25(32)31-22(18-9-12-23(35-4)24(13-18)36-5)14-21(30-31)17-7-10-19(34-3)11-8-17/h7-13,22H,6,14-15H2,1-5H3,(H,28,29,33). The second-order valence-electron chi connectivity index (χ2n) is 8.43. The van der Waals surface area contributed by atoms with Crippen molar-refractivity contribution in [1.29, 1.82) is 0 Å². The molecule has 1 unspecified atom stereocenters. The number of benzene rings is 2. The van der Waals surface area contributed by atoms with Gasteiger partial charge in [-0.3, -0.25) is 9.59 Å². The van der Waals surface area contributed by atoms with E-state index in [1.807, 2.05) is 49.4 Å². The number of aromatic amines is 1. The molecule has 1 aliphatic heterocycles. The number of H-pyrrole nitrogens is 1. The van der Waals surface area contributed by atoms with Crippen molar-refractivity contribution in [2.75, 3.05) is 27.1 Å². The van der Waals surface area contributed by atoms with Gasteiger partial charge in [-0.1, -0.05) is 24.8 Å². The fourth-order valence-corrected chi connectivity index (χ4v) is 5.04. The highest BCUT2D eigenvalue weighted by atomic mass is 32.2. The van der Waals surface area contributed by atoms with Gasteiger partial charge in [-0.25, -0.2) is 9.99 Å². The Balaban J connectivity index is 1.62. The maximum atomic E-state index is 13.5. The average Bonchev–Trinajstić information content (AvgIpc) is 3.37. The molecule has 1 aromatic heterocycles. The Kier molecular flexibility index (Phi) is 8.17. The molecule has 9 nitrogen and oxygen atoms in total. The van der Waals surface area contributed by atoms with E-state index in [0.29, 0.717) is 40.8 Å². The van der Waals surface area contributed by atoms with Gasteiger partial charge in [-0.15, -0.1) is 0 Å². The molecule has 0 saturated carbocycles. The van der Waals surface area contributed by atoms with Crippen molar-refractivity contribution in [1.82, 2.24) is 15.0 Å². The number of hydrogen-bond donors (Lipinski definition) is 1. The Hall–Kier alpha value is -3.79. The Morgan fingerprint density at radius 1 is 1.08 bits per heavy atom. The van der Waals surface area contributed by atoms with E-state index in [1.165, 1.54) is 16.8 Å². The van der Waals surface area contributed by atoms with Gasteiger partial charge in [-0.05, 0) is 60.9 Å². The van der Waals surface area contributed by atoms with Gasteiger partial charge in [0.25, 0.3) is 11.5 Å². The molecule has 0 aliphatic carbocycles. The van der Waals surface area contributed by atoms with Crippen molar-refractivity contribution in [3.05, 3.63) is 75.2 Å². The topological polar surface area (TPSA) is 106 Å². The number of nitrogens with zero attached hydrogens (tertiary/aromatic N) is 3. The zero-order valence-electron chi connectivity index (χ0n) is 21.5. The lowest BCUT2D eigenvalue weighted by Gasteiger charge is -2.22. The van der Waals surface area contributed by atoms with Crippen LogP contribution in [0, 0.1) is 6.92 Å². The van der Waals surface area contributed by atoms with Crippen molar-refractivity contribution >= 4 is 23.4 Å². The van der Waals surface area contributed by atoms with E-state index in [0.717, 1.165) is 22.6 Å². The monoisotopic (exact) mass is 522 g/mol. The van der Waals surface area contributed by atoms with Crippen LogP contribution in [-0.4, -0.2) is 53.7 Å². The number of carbonyl (C=O) groups is 1. The smallest absolute Gasteiger partial charge is 0.254 e. The molecule has 37 heavy (non-hydrogen) atoms. The van der Waals surface area contributed by atoms with Crippen molar-refractivity contribution in [2.24, 2.45) is 5.10 Å². The molecule has 1 atom stereocenters. The van der Waals surface area contributed by atoms with Crippen LogP contribution in [0.15, 0.2) is 57.5 Å². The summed E-state index contributed by atoms with van der Waals surface area (Å²) >= 11 is 1.19. The molecule has 0 saturated heterocycles. The minimum absolute atomic E-state index is 0.0665. The Labute approximate surface area is 219 Å². The molecular formula is C27H30N4O5S. The molecule has 194 valence electrons. The molecule has 2 aromatic carbocycles. The van der Waals surface area contributed by atoms with Gasteiger partial charge in [0, 0.05) is 17.7 Å². The van der Waals surface area contributed by atoms with Gasteiger partial charge in [0.15, 0.2) is 16.7 Å². The highest BCUT2D eigenvalue weighted by Gasteiger charge is 2.33. The van der Waals surface area contributed by atoms with Crippen LogP contribution in [-0.2, 0) is 11.2 Å². The number of amides is 1. The first-order valence-corrected chi connectivity index (χ1v) is 12.9. The minimum Gasteiger partial charge on any atom is -0.497 e. The molecule has 1 amide bonds. The van der Waals surface area contributed by atoms with Crippen LogP contribution in [0.1, 0.15) is 41.8 Å². The maximum absolute atomic E-state index is 13.5. The fraction of sp³-hybridized carbons (Fsp3) is 0.333. The lowest BCUT2D eigenvalue weighted by Crippen LogP contribution is -2.29. The highest BCUT2D eigenvalue weighted by Crippen LogP contribution is 2.38. The molecule has 2 heterocycles. The second-order valence-corrected chi connectivity index (χ2v) is 9.39. The van der Waals surface area contributed by atoms with E-state index in [-0.39, 0.29) is 23.3 Å². The Bertz CT molecular complexity index is 1370. The Morgan fingerprint density at radius 3 is 2.43 bits per heavy atom. The zero-order valence-corrected chi connectivity index (χ0v) is 22.3. The maximum Gasteiger partial charge on any atom is 0.254 e. The summed E-state index contributed by atoms with van der Waals surface area (Å²) < 4.78 is 16.1. The quantitative estimate of drug-likeness (QED) is 0.333. The summed E-state index contributed by atoms with van der Waals surface area (Å²) in [5.41, 5.74) is 3.72. The predicted octanol–water partition coefficient (Wildman–Crippen LogP) is 4.14. The van der Waals surface area contributed by atoms with Gasteiger partial charge >= 0.3 is 0 Å². The molecule has 1 N–H and O–H groups in total. The summed E-state index contributed by atoms with van der Waals surface area (Å²) in [7, 11) is 4.78. The summed E-state index contributed by atoms with van der Waals surface area (Å²) in [6.45, 7) is 3.72. The van der Waals surface area contributed by atoms with E-state index in [4.69, 9.17) is 19.3 Å². The van der Waals surface area contributed by atoms with Crippen LogP contribution < -0.4 is 19.8 Å². The van der Waals surface area contributed by atoms with E-state index < -0.39 is 0 Å². The average molecular weight is 523 g/mol. The first-order valence-electron chi connectivity index (χ1n) is 11.9. The highest BCUT2D eigenvalue weighted by molar-refractivity contribution is 7.99. The van der Waals surface area contributed by atoms with Gasteiger partial charge in [-0.2, -0.15) is 5.10 Å².